The maximum Gasteiger partial charge on any atom is 0.255 e. The van der Waals surface area contributed by atoms with Gasteiger partial charge < -0.3 is 15.4 Å². The van der Waals surface area contributed by atoms with E-state index in [2.05, 4.69) is 23.6 Å². The van der Waals surface area contributed by atoms with E-state index >= 15 is 0 Å². The van der Waals surface area contributed by atoms with Crippen LogP contribution in [0.15, 0.2) is 48.5 Å². The summed E-state index contributed by atoms with van der Waals surface area (Å²) in [6.45, 7) is 5.18. The molecule has 4 heteroatoms. The number of aryl methyl sites for hydroxylation is 1. The molecule has 1 fully saturated rings. The largest absolute Gasteiger partial charge is 0.488 e. The van der Waals surface area contributed by atoms with Crippen molar-refractivity contribution in [2.24, 2.45) is 5.92 Å². The average molecular weight is 310 g/mol. The summed E-state index contributed by atoms with van der Waals surface area (Å²) in [5.41, 5.74) is 2.91. The van der Waals surface area contributed by atoms with Crippen molar-refractivity contribution in [2.45, 2.75) is 13.5 Å². The summed E-state index contributed by atoms with van der Waals surface area (Å²) in [4.78, 5) is 12.4. The molecule has 1 saturated heterocycles. The molecule has 3 rings (SSSR count). The van der Waals surface area contributed by atoms with Gasteiger partial charge in [-0.1, -0.05) is 36.4 Å². The molecule has 0 bridgehead atoms. The van der Waals surface area contributed by atoms with Crippen LogP contribution in [0, 0.1) is 12.8 Å². The van der Waals surface area contributed by atoms with Gasteiger partial charge >= 0.3 is 0 Å². The highest BCUT2D eigenvalue weighted by atomic mass is 16.5. The van der Waals surface area contributed by atoms with E-state index in [1.54, 1.807) is 0 Å². The highest BCUT2D eigenvalue weighted by Crippen LogP contribution is 2.20. The van der Waals surface area contributed by atoms with Crippen LogP contribution in [0.5, 0.6) is 5.75 Å². The molecule has 1 amide bonds. The van der Waals surface area contributed by atoms with Crippen LogP contribution in [0.3, 0.4) is 0 Å². The second-order valence-electron chi connectivity index (χ2n) is 5.95. The van der Waals surface area contributed by atoms with Crippen LogP contribution in [0.25, 0.3) is 0 Å². The number of hydrogen-bond donors (Lipinski definition) is 2. The summed E-state index contributed by atoms with van der Waals surface area (Å²) in [6.07, 6.45) is 0. The number of ether oxygens (including phenoxy) is 1. The molecule has 0 spiro atoms. The standard InChI is InChI=1S/C19H22N2O2/c1-14-6-2-3-7-16(14)13-23-18-9-5-4-8-17(18)19(22)21-12-15-10-20-11-15/h2-9,15,20H,10-13H2,1H3,(H,21,22). The Morgan fingerprint density at radius 3 is 2.65 bits per heavy atom. The minimum Gasteiger partial charge on any atom is -0.488 e. The normalized spacial score (nSPS) is 14.1. The number of nitrogens with one attached hydrogen (secondary N) is 2. The molecule has 0 unspecified atom stereocenters. The van der Waals surface area contributed by atoms with Gasteiger partial charge in [0, 0.05) is 25.6 Å². The Kier molecular flexibility index (Phi) is 4.93. The first-order valence-corrected chi connectivity index (χ1v) is 7.99. The van der Waals surface area contributed by atoms with Gasteiger partial charge in [0.25, 0.3) is 5.91 Å². The van der Waals surface area contributed by atoms with Crippen molar-refractivity contribution in [3.8, 4) is 5.75 Å². The summed E-state index contributed by atoms with van der Waals surface area (Å²) < 4.78 is 5.90. The number of rotatable bonds is 6. The molecule has 0 radical (unpaired) electrons. The Balaban J connectivity index is 1.65. The van der Waals surface area contributed by atoms with E-state index in [9.17, 15) is 4.79 Å². The van der Waals surface area contributed by atoms with Gasteiger partial charge in [0.1, 0.15) is 12.4 Å². The lowest BCUT2D eigenvalue weighted by Crippen LogP contribution is -2.48. The zero-order valence-electron chi connectivity index (χ0n) is 13.3. The Hall–Kier alpha value is -2.33. The summed E-state index contributed by atoms with van der Waals surface area (Å²) >= 11 is 0. The maximum absolute atomic E-state index is 12.4. The smallest absolute Gasteiger partial charge is 0.255 e. The molecule has 4 nitrogen and oxygen atoms in total. The third-order valence-electron chi connectivity index (χ3n) is 4.19. The Bertz CT molecular complexity index is 681. The molecule has 1 aliphatic heterocycles. The van der Waals surface area contributed by atoms with Crippen LogP contribution in [0.2, 0.25) is 0 Å². The van der Waals surface area contributed by atoms with Crippen molar-refractivity contribution in [3.05, 3.63) is 65.2 Å². The molecule has 2 aromatic carbocycles. The SMILES string of the molecule is Cc1ccccc1COc1ccccc1C(=O)NCC1CNC1. The Morgan fingerprint density at radius 2 is 1.91 bits per heavy atom. The van der Waals surface area contributed by atoms with Gasteiger partial charge in [0.2, 0.25) is 0 Å². The fourth-order valence-electron chi connectivity index (χ4n) is 2.53. The number of hydrogen-bond acceptors (Lipinski definition) is 3. The molecule has 0 aliphatic carbocycles. The minimum atomic E-state index is -0.0720. The third-order valence-corrected chi connectivity index (χ3v) is 4.19. The van der Waals surface area contributed by atoms with Crippen molar-refractivity contribution in [1.82, 2.24) is 10.6 Å². The zero-order valence-corrected chi connectivity index (χ0v) is 13.3. The summed E-state index contributed by atoms with van der Waals surface area (Å²) in [6, 6.07) is 15.5. The van der Waals surface area contributed by atoms with E-state index in [0.717, 1.165) is 18.7 Å². The highest BCUT2D eigenvalue weighted by molar-refractivity contribution is 5.96. The van der Waals surface area contributed by atoms with Gasteiger partial charge in [-0.05, 0) is 30.2 Å². The molecule has 0 saturated carbocycles. The lowest BCUT2D eigenvalue weighted by atomic mass is 10.0. The topological polar surface area (TPSA) is 50.4 Å². The Morgan fingerprint density at radius 1 is 1.17 bits per heavy atom. The number of carbonyl (C=O) groups is 1. The number of para-hydroxylation sites is 1. The summed E-state index contributed by atoms with van der Waals surface area (Å²) in [5.74, 6) is 1.09. The van der Waals surface area contributed by atoms with E-state index in [0.29, 0.717) is 30.4 Å². The minimum absolute atomic E-state index is 0.0720. The van der Waals surface area contributed by atoms with Crippen LogP contribution in [0.1, 0.15) is 21.5 Å². The second-order valence-corrected chi connectivity index (χ2v) is 5.95. The first-order valence-electron chi connectivity index (χ1n) is 7.99. The quantitative estimate of drug-likeness (QED) is 0.862. The fraction of sp³-hybridized carbons (Fsp3) is 0.316. The van der Waals surface area contributed by atoms with Gasteiger partial charge in [-0.2, -0.15) is 0 Å². The van der Waals surface area contributed by atoms with Crippen LogP contribution in [0.4, 0.5) is 0 Å². The predicted molar refractivity (Wildman–Crippen MR) is 90.6 cm³/mol. The van der Waals surface area contributed by atoms with Crippen LogP contribution < -0.4 is 15.4 Å². The number of carbonyl (C=O) groups excluding carboxylic acids is 1. The zero-order chi connectivity index (χ0) is 16.1. The van der Waals surface area contributed by atoms with Gasteiger partial charge in [-0.15, -0.1) is 0 Å². The fourth-order valence-corrected chi connectivity index (χ4v) is 2.53. The van der Waals surface area contributed by atoms with Crippen LogP contribution in [-0.2, 0) is 6.61 Å². The van der Waals surface area contributed by atoms with Crippen molar-refractivity contribution in [2.75, 3.05) is 19.6 Å². The highest BCUT2D eigenvalue weighted by Gasteiger charge is 2.19. The van der Waals surface area contributed by atoms with Gasteiger partial charge in [0.15, 0.2) is 0 Å². The molecule has 2 aromatic rings. The van der Waals surface area contributed by atoms with Crippen molar-refractivity contribution in [1.29, 1.82) is 0 Å². The summed E-state index contributed by atoms with van der Waals surface area (Å²) in [7, 11) is 0. The van der Waals surface area contributed by atoms with Crippen molar-refractivity contribution in [3.63, 3.8) is 0 Å². The van der Waals surface area contributed by atoms with Crippen molar-refractivity contribution < 1.29 is 9.53 Å². The molecule has 23 heavy (non-hydrogen) atoms. The van der Waals surface area contributed by atoms with Crippen LogP contribution >= 0.6 is 0 Å². The van der Waals surface area contributed by atoms with Crippen molar-refractivity contribution >= 4 is 5.91 Å². The van der Waals surface area contributed by atoms with E-state index in [1.165, 1.54) is 5.56 Å². The summed E-state index contributed by atoms with van der Waals surface area (Å²) in [5, 5.41) is 6.20. The van der Waals surface area contributed by atoms with Gasteiger partial charge in [-0.25, -0.2) is 0 Å². The lowest BCUT2D eigenvalue weighted by Gasteiger charge is -2.27. The second kappa shape index (κ2) is 7.29. The number of amides is 1. The molecule has 120 valence electrons. The number of benzene rings is 2. The van der Waals surface area contributed by atoms with E-state index in [1.807, 2.05) is 42.5 Å². The molecule has 1 aliphatic rings. The maximum atomic E-state index is 12.4. The first-order chi connectivity index (χ1) is 11.2. The molecule has 2 N–H and O–H groups in total. The lowest BCUT2D eigenvalue weighted by molar-refractivity contribution is 0.0937. The third kappa shape index (κ3) is 3.90. The molecule has 1 heterocycles. The average Bonchev–Trinajstić information content (AvgIpc) is 2.53. The van der Waals surface area contributed by atoms with E-state index < -0.39 is 0 Å². The van der Waals surface area contributed by atoms with Crippen LogP contribution in [-0.4, -0.2) is 25.5 Å². The molecule has 0 atom stereocenters. The molecule has 0 aromatic heterocycles. The monoisotopic (exact) mass is 310 g/mol. The van der Waals surface area contributed by atoms with E-state index in [4.69, 9.17) is 4.74 Å². The first kappa shape index (κ1) is 15.6. The molecular weight excluding hydrogens is 288 g/mol. The molecular formula is C19H22N2O2. The van der Waals surface area contributed by atoms with E-state index in [-0.39, 0.29) is 5.91 Å². The predicted octanol–water partition coefficient (Wildman–Crippen LogP) is 2.52. The van der Waals surface area contributed by atoms with Gasteiger partial charge in [-0.3, -0.25) is 4.79 Å². The Labute approximate surface area is 136 Å². The van der Waals surface area contributed by atoms with Gasteiger partial charge in [0.05, 0.1) is 5.56 Å².